The second kappa shape index (κ2) is 13.5. The lowest BCUT2D eigenvalue weighted by atomic mass is 9.97. The number of halogens is 2. The molecule has 1 fully saturated rings. The van der Waals surface area contributed by atoms with E-state index in [1.54, 1.807) is 6.07 Å². The molecule has 3 N–H and O–H groups in total. The summed E-state index contributed by atoms with van der Waals surface area (Å²) < 4.78 is 13.7. The molecule has 31 heavy (non-hydrogen) atoms. The van der Waals surface area contributed by atoms with Crippen molar-refractivity contribution in [2.45, 2.75) is 32.7 Å². The Kier molecular flexibility index (Phi) is 11.1. The highest BCUT2D eigenvalue weighted by molar-refractivity contribution is 14.0. The number of aliphatic imine (C=N–C) groups is 1. The topological polar surface area (TPSA) is 59.9 Å². The first-order valence-corrected chi connectivity index (χ1v) is 10.9. The average Bonchev–Trinajstić information content (AvgIpc) is 2.79. The summed E-state index contributed by atoms with van der Waals surface area (Å²) in [7, 11) is 0. The molecule has 0 aromatic heterocycles. The van der Waals surface area contributed by atoms with Crippen LogP contribution < -0.4 is 15.5 Å². The van der Waals surface area contributed by atoms with Crippen LogP contribution in [0.1, 0.15) is 30.9 Å². The number of aliphatic hydroxyl groups is 1. The molecule has 0 unspecified atom stereocenters. The van der Waals surface area contributed by atoms with E-state index < -0.39 is 0 Å². The summed E-state index contributed by atoms with van der Waals surface area (Å²) in [5.74, 6) is 1.02. The van der Waals surface area contributed by atoms with Crippen molar-refractivity contribution >= 4 is 35.6 Å². The van der Waals surface area contributed by atoms with Gasteiger partial charge in [-0.2, -0.15) is 0 Å². The zero-order valence-electron chi connectivity index (χ0n) is 18.2. The minimum atomic E-state index is -0.165. The summed E-state index contributed by atoms with van der Waals surface area (Å²) in [6.07, 6.45) is 2.71. The number of aliphatic hydroxyl groups excluding tert-OH is 1. The number of piperidine rings is 1. The van der Waals surface area contributed by atoms with Gasteiger partial charge in [0.2, 0.25) is 0 Å². The van der Waals surface area contributed by atoms with Crippen molar-refractivity contribution in [2.24, 2.45) is 10.9 Å². The molecule has 7 heteroatoms. The quantitative estimate of drug-likeness (QED) is 0.270. The third-order valence-corrected chi connectivity index (χ3v) is 5.58. The van der Waals surface area contributed by atoms with Crippen LogP contribution in [0, 0.1) is 11.7 Å². The second-order valence-electron chi connectivity index (χ2n) is 7.74. The number of hydrogen-bond donors (Lipinski definition) is 3. The van der Waals surface area contributed by atoms with Gasteiger partial charge in [-0.3, -0.25) is 0 Å². The number of anilines is 1. The van der Waals surface area contributed by atoms with Gasteiger partial charge in [-0.1, -0.05) is 30.3 Å². The van der Waals surface area contributed by atoms with E-state index in [0.29, 0.717) is 37.6 Å². The lowest BCUT2D eigenvalue weighted by Crippen LogP contribution is -2.38. The molecule has 0 spiro atoms. The van der Waals surface area contributed by atoms with Gasteiger partial charge in [0.05, 0.1) is 6.54 Å². The van der Waals surface area contributed by atoms with E-state index in [1.807, 2.05) is 19.1 Å². The number of nitrogens with one attached hydrogen (secondary N) is 2. The monoisotopic (exact) mass is 540 g/mol. The predicted molar refractivity (Wildman–Crippen MR) is 137 cm³/mol. The minimum Gasteiger partial charge on any atom is -0.396 e. The molecule has 2 aromatic rings. The van der Waals surface area contributed by atoms with Crippen LogP contribution in [-0.2, 0) is 13.0 Å². The molecule has 1 aliphatic rings. The molecule has 0 saturated carbocycles. The Bertz CT molecular complexity index is 807. The van der Waals surface area contributed by atoms with Crippen molar-refractivity contribution in [2.75, 3.05) is 37.7 Å². The van der Waals surface area contributed by atoms with Crippen LogP contribution in [-0.4, -0.2) is 43.9 Å². The summed E-state index contributed by atoms with van der Waals surface area (Å²) in [6, 6.07) is 15.4. The van der Waals surface area contributed by atoms with Crippen LogP contribution in [0.4, 0.5) is 10.1 Å². The van der Waals surface area contributed by atoms with E-state index in [4.69, 9.17) is 0 Å². The van der Waals surface area contributed by atoms with Crippen LogP contribution in [0.2, 0.25) is 0 Å². The first-order valence-electron chi connectivity index (χ1n) is 10.9. The van der Waals surface area contributed by atoms with E-state index in [2.05, 4.69) is 44.8 Å². The zero-order chi connectivity index (χ0) is 21.2. The standard InChI is InChI=1S/C24H33FN4O.HI/c1-2-26-24(27-14-11-21-5-3-4-6-23(21)25)28-17-19-7-9-22(10-8-19)29-15-12-20(18-30)13-16-29;/h3-10,20,30H,2,11-18H2,1H3,(H2,26,27,28);1H. The van der Waals surface area contributed by atoms with Crippen molar-refractivity contribution in [3.05, 3.63) is 65.5 Å². The second-order valence-corrected chi connectivity index (χ2v) is 7.74. The van der Waals surface area contributed by atoms with Crippen LogP contribution in [0.15, 0.2) is 53.5 Å². The highest BCUT2D eigenvalue weighted by Crippen LogP contribution is 2.23. The summed E-state index contributed by atoms with van der Waals surface area (Å²) in [5.41, 5.74) is 3.09. The maximum absolute atomic E-state index is 13.7. The van der Waals surface area contributed by atoms with Gasteiger partial charge in [-0.05, 0) is 61.4 Å². The molecule has 5 nitrogen and oxygen atoms in total. The number of guanidine groups is 1. The predicted octanol–water partition coefficient (Wildman–Crippen LogP) is 3.95. The number of rotatable bonds is 8. The first kappa shape index (κ1) is 25.4. The van der Waals surface area contributed by atoms with Crippen molar-refractivity contribution in [1.82, 2.24) is 10.6 Å². The van der Waals surface area contributed by atoms with Gasteiger partial charge in [-0.15, -0.1) is 24.0 Å². The van der Waals surface area contributed by atoms with E-state index >= 15 is 0 Å². The van der Waals surface area contributed by atoms with Crippen LogP contribution in [0.3, 0.4) is 0 Å². The zero-order valence-corrected chi connectivity index (χ0v) is 20.5. The normalized spacial score (nSPS) is 14.8. The maximum atomic E-state index is 13.7. The maximum Gasteiger partial charge on any atom is 0.191 e. The Labute approximate surface area is 202 Å². The molecule has 1 saturated heterocycles. The van der Waals surface area contributed by atoms with Gasteiger partial charge in [0.25, 0.3) is 0 Å². The Morgan fingerprint density at radius 1 is 1.10 bits per heavy atom. The van der Waals surface area contributed by atoms with Gasteiger partial charge in [0.1, 0.15) is 5.82 Å². The Morgan fingerprint density at radius 3 is 2.45 bits per heavy atom. The van der Waals surface area contributed by atoms with E-state index in [-0.39, 0.29) is 29.8 Å². The smallest absolute Gasteiger partial charge is 0.191 e. The molecular weight excluding hydrogens is 506 g/mol. The van der Waals surface area contributed by atoms with Crippen LogP contribution in [0.5, 0.6) is 0 Å². The van der Waals surface area contributed by atoms with E-state index in [0.717, 1.165) is 44.0 Å². The Morgan fingerprint density at radius 2 is 1.81 bits per heavy atom. The van der Waals surface area contributed by atoms with Gasteiger partial charge >= 0.3 is 0 Å². The average molecular weight is 540 g/mol. The largest absolute Gasteiger partial charge is 0.396 e. The molecule has 0 atom stereocenters. The third-order valence-electron chi connectivity index (χ3n) is 5.58. The number of benzene rings is 2. The summed E-state index contributed by atoms with van der Waals surface area (Å²) >= 11 is 0. The summed E-state index contributed by atoms with van der Waals surface area (Å²) in [6.45, 7) is 6.31. The van der Waals surface area contributed by atoms with Crippen molar-refractivity contribution < 1.29 is 9.50 Å². The lowest BCUT2D eigenvalue weighted by molar-refractivity contribution is 0.203. The number of nitrogens with zero attached hydrogens (tertiary/aromatic N) is 2. The molecule has 1 heterocycles. The number of hydrogen-bond acceptors (Lipinski definition) is 3. The van der Waals surface area contributed by atoms with Gasteiger partial charge in [0.15, 0.2) is 5.96 Å². The van der Waals surface area contributed by atoms with Gasteiger partial charge in [0, 0.05) is 38.5 Å². The van der Waals surface area contributed by atoms with E-state index in [1.165, 1.54) is 11.8 Å². The Balaban J connectivity index is 0.00000341. The fraction of sp³-hybridized carbons (Fsp3) is 0.458. The van der Waals surface area contributed by atoms with Gasteiger partial charge < -0.3 is 20.6 Å². The molecule has 3 rings (SSSR count). The highest BCUT2D eigenvalue weighted by Gasteiger charge is 2.18. The van der Waals surface area contributed by atoms with Crippen molar-refractivity contribution in [1.29, 1.82) is 0 Å². The summed E-state index contributed by atoms with van der Waals surface area (Å²) in [5, 5.41) is 15.8. The molecular formula is C24H34FIN4O. The highest BCUT2D eigenvalue weighted by atomic mass is 127. The van der Waals surface area contributed by atoms with Gasteiger partial charge in [-0.25, -0.2) is 9.38 Å². The first-order chi connectivity index (χ1) is 14.7. The molecule has 0 radical (unpaired) electrons. The van der Waals surface area contributed by atoms with E-state index in [9.17, 15) is 9.50 Å². The summed E-state index contributed by atoms with van der Waals surface area (Å²) in [4.78, 5) is 7.04. The van der Waals surface area contributed by atoms with Crippen LogP contribution >= 0.6 is 24.0 Å². The van der Waals surface area contributed by atoms with Crippen LogP contribution in [0.25, 0.3) is 0 Å². The van der Waals surface area contributed by atoms with Crippen molar-refractivity contribution in [3.63, 3.8) is 0 Å². The fourth-order valence-electron chi connectivity index (χ4n) is 3.71. The fourth-order valence-corrected chi connectivity index (χ4v) is 3.71. The third kappa shape index (κ3) is 7.96. The molecule has 170 valence electrons. The molecule has 0 bridgehead atoms. The molecule has 0 aliphatic carbocycles. The molecule has 1 aliphatic heterocycles. The Hall–Kier alpha value is -1.87. The van der Waals surface area contributed by atoms with Crippen molar-refractivity contribution in [3.8, 4) is 0 Å². The SMILES string of the molecule is CCNC(=NCc1ccc(N2CCC(CO)CC2)cc1)NCCc1ccccc1F.I. The molecule has 2 aromatic carbocycles. The lowest BCUT2D eigenvalue weighted by Gasteiger charge is -2.32. The molecule has 0 amide bonds. The minimum absolute atomic E-state index is 0.